The molecular formula is C20H28N4O2. The van der Waals surface area contributed by atoms with E-state index in [4.69, 9.17) is 5.73 Å². The number of nitrogens with zero attached hydrogens (tertiary/aromatic N) is 1. The van der Waals surface area contributed by atoms with Gasteiger partial charge in [-0.15, -0.1) is 0 Å². The molecule has 1 aromatic heterocycles. The third-order valence-electron chi connectivity index (χ3n) is 5.40. The van der Waals surface area contributed by atoms with Crippen molar-refractivity contribution in [1.29, 1.82) is 0 Å². The van der Waals surface area contributed by atoms with Gasteiger partial charge in [0.25, 0.3) is 5.91 Å². The van der Waals surface area contributed by atoms with Crippen LogP contribution >= 0.6 is 0 Å². The molecule has 2 amide bonds. The van der Waals surface area contributed by atoms with Crippen LogP contribution in [0.3, 0.4) is 0 Å². The molecule has 4 N–H and O–H groups in total. The molecule has 1 aromatic carbocycles. The molecule has 1 heterocycles. The fourth-order valence-electron chi connectivity index (χ4n) is 3.82. The van der Waals surface area contributed by atoms with Crippen molar-refractivity contribution in [3.05, 3.63) is 35.5 Å². The van der Waals surface area contributed by atoms with Gasteiger partial charge in [-0.3, -0.25) is 9.59 Å². The van der Waals surface area contributed by atoms with Crippen molar-refractivity contribution in [2.45, 2.75) is 51.1 Å². The summed E-state index contributed by atoms with van der Waals surface area (Å²) in [4.78, 5) is 29.7. The van der Waals surface area contributed by atoms with Crippen molar-refractivity contribution >= 4 is 22.7 Å². The topological polar surface area (TPSA) is 91.2 Å². The number of benzene rings is 1. The molecule has 26 heavy (non-hydrogen) atoms. The van der Waals surface area contributed by atoms with Gasteiger partial charge in [0.1, 0.15) is 5.69 Å². The molecule has 0 saturated heterocycles. The zero-order chi connectivity index (χ0) is 18.7. The monoisotopic (exact) mass is 356 g/mol. The van der Waals surface area contributed by atoms with Gasteiger partial charge >= 0.3 is 0 Å². The molecule has 0 unspecified atom stereocenters. The molecule has 0 atom stereocenters. The number of hydrogen-bond acceptors (Lipinski definition) is 3. The smallest absolute Gasteiger partial charge is 0.270 e. The Morgan fingerprint density at radius 1 is 1.27 bits per heavy atom. The van der Waals surface area contributed by atoms with E-state index < -0.39 is 0 Å². The standard InChI is InChI=1S/C20H28N4O2/c1-13-4-3-5-14-12-17(23-19(13)14)20(26)24(2)16-8-6-15(7-9-16)22-18(25)10-11-21/h3-5,12,15-16,23H,6-11,21H2,1-2H3,(H,22,25)/t15-,16-. The average molecular weight is 356 g/mol. The normalized spacial score (nSPS) is 20.1. The summed E-state index contributed by atoms with van der Waals surface area (Å²) < 4.78 is 0. The fraction of sp³-hybridized carbons (Fsp3) is 0.500. The van der Waals surface area contributed by atoms with Gasteiger partial charge in [-0.25, -0.2) is 0 Å². The maximum Gasteiger partial charge on any atom is 0.270 e. The molecule has 2 aromatic rings. The fourth-order valence-corrected chi connectivity index (χ4v) is 3.82. The van der Waals surface area contributed by atoms with Crippen LogP contribution < -0.4 is 11.1 Å². The molecule has 1 aliphatic rings. The summed E-state index contributed by atoms with van der Waals surface area (Å²) in [6.07, 6.45) is 3.96. The zero-order valence-electron chi connectivity index (χ0n) is 15.5. The number of H-pyrrole nitrogens is 1. The quantitative estimate of drug-likeness (QED) is 0.768. The molecule has 1 fully saturated rings. The Kier molecular flexibility index (Phi) is 5.61. The maximum absolute atomic E-state index is 12.9. The summed E-state index contributed by atoms with van der Waals surface area (Å²) in [7, 11) is 1.87. The number of nitrogens with two attached hydrogens (primary N) is 1. The molecule has 140 valence electrons. The molecule has 1 aliphatic carbocycles. The first kappa shape index (κ1) is 18.5. The van der Waals surface area contributed by atoms with Crippen LogP contribution in [0.5, 0.6) is 0 Å². The highest BCUT2D eigenvalue weighted by atomic mass is 16.2. The molecular weight excluding hydrogens is 328 g/mol. The van der Waals surface area contributed by atoms with Crippen LogP contribution in [0.4, 0.5) is 0 Å². The van der Waals surface area contributed by atoms with Gasteiger partial charge < -0.3 is 20.9 Å². The number of aromatic nitrogens is 1. The van der Waals surface area contributed by atoms with E-state index in [1.54, 1.807) is 0 Å². The Hall–Kier alpha value is -2.34. The summed E-state index contributed by atoms with van der Waals surface area (Å²) in [5.41, 5.74) is 8.21. The first-order valence-electron chi connectivity index (χ1n) is 9.34. The number of fused-ring (bicyclic) bond motifs is 1. The minimum atomic E-state index is 0.0221. The molecule has 6 nitrogen and oxygen atoms in total. The van der Waals surface area contributed by atoms with Crippen molar-refractivity contribution in [3.63, 3.8) is 0 Å². The lowest BCUT2D eigenvalue weighted by Gasteiger charge is -2.34. The van der Waals surface area contributed by atoms with Crippen molar-refractivity contribution in [2.24, 2.45) is 5.73 Å². The maximum atomic E-state index is 12.9. The van der Waals surface area contributed by atoms with Gasteiger partial charge in [0.2, 0.25) is 5.91 Å². The minimum Gasteiger partial charge on any atom is -0.353 e. The molecule has 0 spiro atoms. The molecule has 3 rings (SSSR count). The SMILES string of the molecule is Cc1cccc2cc(C(=O)N(C)[C@H]3CC[C@H](NC(=O)CCN)CC3)[nH]c12. The van der Waals surface area contributed by atoms with Crippen LogP contribution in [0, 0.1) is 6.92 Å². The van der Waals surface area contributed by atoms with Crippen molar-refractivity contribution in [2.75, 3.05) is 13.6 Å². The highest BCUT2D eigenvalue weighted by Crippen LogP contribution is 2.25. The minimum absolute atomic E-state index is 0.0221. The van der Waals surface area contributed by atoms with Crippen LogP contribution in [0.25, 0.3) is 10.9 Å². The van der Waals surface area contributed by atoms with E-state index >= 15 is 0 Å². The first-order valence-corrected chi connectivity index (χ1v) is 9.34. The van der Waals surface area contributed by atoms with Crippen molar-refractivity contribution in [3.8, 4) is 0 Å². The van der Waals surface area contributed by atoms with Gasteiger partial charge in [-0.05, 0) is 44.2 Å². The third kappa shape index (κ3) is 3.90. The number of carbonyl (C=O) groups is 2. The highest BCUT2D eigenvalue weighted by molar-refractivity contribution is 5.98. The number of nitrogens with one attached hydrogen (secondary N) is 2. The van der Waals surface area contributed by atoms with Gasteiger partial charge in [0.15, 0.2) is 0 Å². The van der Waals surface area contributed by atoms with E-state index in [2.05, 4.69) is 10.3 Å². The second-order valence-electron chi connectivity index (χ2n) is 7.25. The number of hydrogen-bond donors (Lipinski definition) is 3. The van der Waals surface area contributed by atoms with Gasteiger partial charge in [0.05, 0.1) is 0 Å². The number of aromatic amines is 1. The Balaban J connectivity index is 1.60. The van der Waals surface area contributed by atoms with Gasteiger partial charge in [-0.2, -0.15) is 0 Å². The predicted molar refractivity (Wildman–Crippen MR) is 103 cm³/mol. The summed E-state index contributed by atoms with van der Waals surface area (Å²) in [6.45, 7) is 2.42. The first-order chi connectivity index (χ1) is 12.5. The van der Waals surface area contributed by atoms with Crippen LogP contribution in [0.15, 0.2) is 24.3 Å². The number of carbonyl (C=O) groups excluding carboxylic acids is 2. The summed E-state index contributed by atoms with van der Waals surface area (Å²) in [5.74, 6) is 0.0463. The second-order valence-corrected chi connectivity index (χ2v) is 7.25. The lowest BCUT2D eigenvalue weighted by atomic mass is 9.90. The second kappa shape index (κ2) is 7.91. The van der Waals surface area contributed by atoms with Crippen molar-refractivity contribution < 1.29 is 9.59 Å². The summed E-state index contributed by atoms with van der Waals surface area (Å²) >= 11 is 0. The van der Waals surface area contributed by atoms with Gasteiger partial charge in [-0.1, -0.05) is 18.2 Å². The van der Waals surface area contributed by atoms with E-state index in [1.165, 1.54) is 0 Å². The van der Waals surface area contributed by atoms with Gasteiger partial charge in [0, 0.05) is 43.0 Å². The Morgan fingerprint density at radius 3 is 2.65 bits per heavy atom. The molecule has 1 saturated carbocycles. The van der Waals surface area contributed by atoms with E-state index in [0.29, 0.717) is 18.7 Å². The Morgan fingerprint density at radius 2 is 2.00 bits per heavy atom. The van der Waals surface area contributed by atoms with E-state index in [-0.39, 0.29) is 23.9 Å². The largest absolute Gasteiger partial charge is 0.353 e. The number of rotatable bonds is 5. The van der Waals surface area contributed by atoms with E-state index in [1.807, 2.05) is 43.1 Å². The Labute approximate surface area is 154 Å². The van der Waals surface area contributed by atoms with Crippen LogP contribution in [0.1, 0.15) is 48.2 Å². The van der Waals surface area contributed by atoms with Crippen LogP contribution in [-0.4, -0.2) is 47.4 Å². The predicted octanol–water partition coefficient (Wildman–Crippen LogP) is 2.32. The lowest BCUT2D eigenvalue weighted by molar-refractivity contribution is -0.121. The molecule has 0 aliphatic heterocycles. The molecule has 0 radical (unpaired) electrons. The lowest BCUT2D eigenvalue weighted by Crippen LogP contribution is -2.44. The molecule has 6 heteroatoms. The average Bonchev–Trinajstić information content (AvgIpc) is 3.07. The number of para-hydroxylation sites is 1. The summed E-state index contributed by atoms with van der Waals surface area (Å²) in [6, 6.07) is 8.40. The summed E-state index contributed by atoms with van der Waals surface area (Å²) in [5, 5.41) is 4.10. The number of amides is 2. The third-order valence-corrected chi connectivity index (χ3v) is 5.40. The van der Waals surface area contributed by atoms with E-state index in [0.717, 1.165) is 42.1 Å². The zero-order valence-corrected chi connectivity index (χ0v) is 15.5. The number of aryl methyl sites for hydroxylation is 1. The highest BCUT2D eigenvalue weighted by Gasteiger charge is 2.28. The Bertz CT molecular complexity index is 790. The van der Waals surface area contributed by atoms with Crippen molar-refractivity contribution in [1.82, 2.24) is 15.2 Å². The van der Waals surface area contributed by atoms with Crippen LogP contribution in [0.2, 0.25) is 0 Å². The van der Waals surface area contributed by atoms with E-state index in [9.17, 15) is 9.59 Å². The van der Waals surface area contributed by atoms with Crippen LogP contribution in [-0.2, 0) is 4.79 Å². The molecule has 0 bridgehead atoms.